The van der Waals surface area contributed by atoms with Crippen LogP contribution >= 0.6 is 11.3 Å². The Morgan fingerprint density at radius 3 is 3.06 bits per heavy atom. The van der Waals surface area contributed by atoms with Crippen LogP contribution in [0.3, 0.4) is 0 Å². The van der Waals surface area contributed by atoms with Crippen molar-refractivity contribution in [2.75, 3.05) is 19.7 Å². The maximum absolute atomic E-state index is 12.0. The lowest BCUT2D eigenvalue weighted by Crippen LogP contribution is -2.44. The van der Waals surface area contributed by atoms with E-state index in [-0.39, 0.29) is 17.5 Å². The van der Waals surface area contributed by atoms with Crippen LogP contribution < -0.4 is 0 Å². The van der Waals surface area contributed by atoms with Gasteiger partial charge in [-0.3, -0.25) is 14.9 Å². The largest absolute Gasteiger partial charge is 0.360 e. The van der Waals surface area contributed by atoms with Gasteiger partial charge in [0.2, 0.25) is 0 Å². The first-order valence-corrected chi connectivity index (χ1v) is 5.98. The first-order valence-electron chi connectivity index (χ1n) is 5.16. The molecule has 1 aromatic rings. The maximum atomic E-state index is 12.0. The Kier molecular flexibility index (Phi) is 3.55. The lowest BCUT2D eigenvalue weighted by Gasteiger charge is -2.29. The molecule has 1 amide bonds. The minimum atomic E-state index is -0.627. The van der Waals surface area contributed by atoms with Gasteiger partial charge in [-0.05, 0) is 6.07 Å². The van der Waals surface area contributed by atoms with Gasteiger partial charge < -0.3 is 9.64 Å². The molecule has 0 aliphatic carbocycles. The highest BCUT2D eigenvalue weighted by Gasteiger charge is 2.26. The second kappa shape index (κ2) is 5.12. The van der Waals surface area contributed by atoms with Gasteiger partial charge in [0, 0.05) is 12.6 Å². The fourth-order valence-electron chi connectivity index (χ4n) is 1.61. The minimum absolute atomic E-state index is 0.0663. The summed E-state index contributed by atoms with van der Waals surface area (Å²) < 4.78 is 5.13. The number of carbonyl (C=O) groups excluding carboxylic acids is 1. The molecule has 7 nitrogen and oxygen atoms in total. The molecule has 0 spiro atoms. The first kappa shape index (κ1) is 12.5. The van der Waals surface area contributed by atoms with Crippen LogP contribution in [-0.4, -0.2) is 41.5 Å². The van der Waals surface area contributed by atoms with E-state index in [1.54, 1.807) is 0 Å². The number of thiophene rings is 1. The molecule has 1 fully saturated rings. The van der Waals surface area contributed by atoms with Gasteiger partial charge in [0.05, 0.1) is 29.0 Å². The third-order valence-electron chi connectivity index (χ3n) is 2.48. The van der Waals surface area contributed by atoms with E-state index < -0.39 is 11.0 Å². The van der Waals surface area contributed by atoms with Crippen molar-refractivity contribution in [2.45, 2.75) is 6.10 Å². The van der Waals surface area contributed by atoms with E-state index in [0.29, 0.717) is 18.0 Å². The average Bonchev–Trinajstić information content (AvgIpc) is 2.87. The van der Waals surface area contributed by atoms with E-state index in [9.17, 15) is 14.9 Å². The summed E-state index contributed by atoms with van der Waals surface area (Å²) in [5.74, 6) is -0.295. The second-order valence-corrected chi connectivity index (χ2v) is 4.70. The number of nitrogens with zero attached hydrogens (tertiary/aromatic N) is 3. The highest BCUT2D eigenvalue weighted by molar-refractivity contribution is 7.17. The summed E-state index contributed by atoms with van der Waals surface area (Å²) in [7, 11) is 0. The normalized spacial score (nSPS) is 19.3. The summed E-state index contributed by atoms with van der Waals surface area (Å²) in [6.07, 6.45) is -0.627. The zero-order valence-corrected chi connectivity index (χ0v) is 10.1. The summed E-state index contributed by atoms with van der Waals surface area (Å²) in [6, 6.07) is 4.68. The van der Waals surface area contributed by atoms with E-state index in [4.69, 9.17) is 10.00 Å². The molecule has 1 aliphatic rings. The van der Waals surface area contributed by atoms with E-state index >= 15 is 0 Å². The maximum Gasteiger partial charge on any atom is 0.324 e. The molecular weight excluding hydrogens is 258 g/mol. The Morgan fingerprint density at radius 2 is 2.44 bits per heavy atom. The van der Waals surface area contributed by atoms with Crippen LogP contribution in [0, 0.1) is 21.4 Å². The van der Waals surface area contributed by atoms with Crippen molar-refractivity contribution in [2.24, 2.45) is 0 Å². The number of ether oxygens (including phenoxy) is 1. The van der Waals surface area contributed by atoms with Gasteiger partial charge in [-0.1, -0.05) is 11.3 Å². The zero-order chi connectivity index (χ0) is 13.1. The van der Waals surface area contributed by atoms with Crippen LogP contribution in [-0.2, 0) is 4.74 Å². The van der Waals surface area contributed by atoms with Crippen LogP contribution in [0.2, 0.25) is 0 Å². The van der Waals surface area contributed by atoms with Crippen molar-refractivity contribution in [3.8, 4) is 6.07 Å². The van der Waals surface area contributed by atoms with Crippen molar-refractivity contribution in [3.63, 3.8) is 0 Å². The lowest BCUT2D eigenvalue weighted by molar-refractivity contribution is -0.380. The smallest absolute Gasteiger partial charge is 0.324 e. The molecule has 1 aliphatic heterocycles. The van der Waals surface area contributed by atoms with E-state index in [0.717, 1.165) is 11.3 Å². The van der Waals surface area contributed by atoms with Crippen molar-refractivity contribution in [1.82, 2.24) is 4.90 Å². The van der Waals surface area contributed by atoms with Gasteiger partial charge in [0.15, 0.2) is 6.10 Å². The summed E-state index contributed by atoms with van der Waals surface area (Å²) in [5.41, 5.74) is 0. The predicted octanol–water partition coefficient (Wildman–Crippen LogP) is 1.02. The molecule has 0 bridgehead atoms. The van der Waals surface area contributed by atoms with Gasteiger partial charge in [-0.15, -0.1) is 0 Å². The number of rotatable bonds is 2. The molecule has 8 heteroatoms. The molecule has 0 saturated carbocycles. The number of hydrogen-bond acceptors (Lipinski definition) is 6. The Morgan fingerprint density at radius 1 is 1.67 bits per heavy atom. The number of hydrogen-bond donors (Lipinski definition) is 0. The zero-order valence-electron chi connectivity index (χ0n) is 9.24. The fourth-order valence-corrected chi connectivity index (χ4v) is 2.40. The predicted molar refractivity (Wildman–Crippen MR) is 62.2 cm³/mol. The number of carbonyl (C=O) groups is 1. The second-order valence-electron chi connectivity index (χ2n) is 3.63. The molecular formula is C10H9N3O4S. The Hall–Kier alpha value is -1.98. The van der Waals surface area contributed by atoms with E-state index in [1.807, 2.05) is 6.07 Å². The molecule has 0 radical (unpaired) electrons. The molecule has 1 aromatic heterocycles. The van der Waals surface area contributed by atoms with Crippen molar-refractivity contribution >= 4 is 22.2 Å². The van der Waals surface area contributed by atoms with Crippen molar-refractivity contribution in [3.05, 3.63) is 27.1 Å². The van der Waals surface area contributed by atoms with Crippen LogP contribution in [0.5, 0.6) is 0 Å². The molecule has 0 N–H and O–H groups in total. The van der Waals surface area contributed by atoms with Gasteiger partial charge in [0.25, 0.3) is 5.91 Å². The van der Waals surface area contributed by atoms with Gasteiger partial charge in [-0.2, -0.15) is 5.26 Å². The Bertz CT molecular complexity index is 521. The third-order valence-corrected chi connectivity index (χ3v) is 3.51. The molecule has 0 aromatic carbocycles. The van der Waals surface area contributed by atoms with Gasteiger partial charge in [-0.25, -0.2) is 0 Å². The average molecular weight is 267 g/mol. The SMILES string of the molecule is N#CC1CN(C(=O)c2ccc([N+](=O)[O-])s2)CCO1. The topological polar surface area (TPSA) is 96.5 Å². The molecule has 1 saturated heterocycles. The van der Waals surface area contributed by atoms with Gasteiger partial charge >= 0.3 is 5.00 Å². The van der Waals surface area contributed by atoms with Gasteiger partial charge in [0.1, 0.15) is 0 Å². The Balaban J connectivity index is 2.10. The van der Waals surface area contributed by atoms with Crippen LogP contribution in [0.15, 0.2) is 12.1 Å². The van der Waals surface area contributed by atoms with Crippen molar-refractivity contribution in [1.29, 1.82) is 5.26 Å². The molecule has 1 atom stereocenters. The molecule has 18 heavy (non-hydrogen) atoms. The summed E-state index contributed by atoms with van der Waals surface area (Å²) in [4.78, 5) is 23.8. The number of nitro groups is 1. The van der Waals surface area contributed by atoms with Crippen LogP contribution in [0.25, 0.3) is 0 Å². The summed E-state index contributed by atoms with van der Waals surface area (Å²) in [5, 5.41) is 19.2. The van der Waals surface area contributed by atoms with E-state index in [1.165, 1.54) is 17.0 Å². The van der Waals surface area contributed by atoms with E-state index in [2.05, 4.69) is 0 Å². The number of nitriles is 1. The lowest BCUT2D eigenvalue weighted by atomic mass is 10.3. The molecule has 2 rings (SSSR count). The Labute approximate surface area is 106 Å². The van der Waals surface area contributed by atoms with Crippen LogP contribution in [0.1, 0.15) is 9.67 Å². The third kappa shape index (κ3) is 2.47. The number of morpholine rings is 1. The monoisotopic (exact) mass is 267 g/mol. The van der Waals surface area contributed by atoms with Crippen LogP contribution in [0.4, 0.5) is 5.00 Å². The summed E-state index contributed by atoms with van der Waals surface area (Å²) in [6.45, 7) is 0.890. The molecule has 1 unspecified atom stereocenters. The standard InChI is InChI=1S/C10H9N3O4S/c11-5-7-6-12(3-4-17-7)10(14)8-1-2-9(18-8)13(15)16/h1-2,7H,3-4,6H2. The molecule has 2 heterocycles. The highest BCUT2D eigenvalue weighted by atomic mass is 32.1. The summed E-state index contributed by atoms with van der Waals surface area (Å²) >= 11 is 0.838. The fraction of sp³-hybridized carbons (Fsp3) is 0.400. The highest BCUT2D eigenvalue weighted by Crippen LogP contribution is 2.25. The minimum Gasteiger partial charge on any atom is -0.360 e. The first-order chi connectivity index (χ1) is 8.61. The number of amides is 1. The van der Waals surface area contributed by atoms with Crippen molar-refractivity contribution < 1.29 is 14.5 Å². The molecule has 94 valence electrons. The quantitative estimate of drug-likeness (QED) is 0.588.